The summed E-state index contributed by atoms with van der Waals surface area (Å²) in [7, 11) is -4.13. The lowest BCUT2D eigenvalue weighted by molar-refractivity contribution is -0.0412. The third kappa shape index (κ3) is 7.56. The summed E-state index contributed by atoms with van der Waals surface area (Å²) < 4.78 is 34.1. The molecule has 1 aromatic heterocycles. The number of carbonyl (C=O) groups excluding carboxylic acids is 1. The minimum atomic E-state index is -4.13. The molecule has 54 heavy (non-hydrogen) atoms. The fourth-order valence-corrected chi connectivity index (χ4v) is 7.69. The number of anilines is 1. The number of aromatic nitrogens is 1. The Balaban J connectivity index is 0.00000119. The van der Waals surface area contributed by atoms with Crippen LogP contribution in [0.1, 0.15) is 57.8 Å². The second-order valence-corrected chi connectivity index (χ2v) is 14.3. The molecule has 278 valence electrons. The van der Waals surface area contributed by atoms with Gasteiger partial charge in [-0.25, -0.2) is 0 Å². The van der Waals surface area contributed by atoms with Crippen molar-refractivity contribution < 1.29 is 22.6 Å². The van der Waals surface area contributed by atoms with E-state index in [-0.39, 0.29) is 21.9 Å². The number of rotatable bonds is 11. The van der Waals surface area contributed by atoms with Crippen LogP contribution in [-0.4, -0.2) is 42.2 Å². The summed E-state index contributed by atoms with van der Waals surface area (Å²) in [5.41, 5.74) is 3.29. The molecule has 1 amide bonds. The number of nitrogens with zero attached hydrogens (tertiary/aromatic N) is 4. The van der Waals surface area contributed by atoms with Gasteiger partial charge in [-0.05, 0) is 54.8 Å². The number of hydrogen-bond acceptors (Lipinski definition) is 8. The van der Waals surface area contributed by atoms with Crippen LogP contribution in [0.5, 0.6) is 5.75 Å². The van der Waals surface area contributed by atoms with Gasteiger partial charge in [0.1, 0.15) is 10.6 Å². The van der Waals surface area contributed by atoms with Crippen molar-refractivity contribution in [2.45, 2.75) is 58.9 Å². The Kier molecular flexibility index (Phi) is 11.7. The summed E-state index contributed by atoms with van der Waals surface area (Å²) in [6.45, 7) is 11.7. The van der Waals surface area contributed by atoms with Crippen LogP contribution in [0, 0.1) is 0 Å². The van der Waals surface area contributed by atoms with E-state index in [1.165, 1.54) is 24.0 Å². The monoisotopic (exact) mass is 743 g/mol. The molecular formula is C43H45N5O5S. The van der Waals surface area contributed by atoms with E-state index < -0.39 is 16.0 Å². The number of nitrogens with one attached hydrogen (secondary N) is 1. The first-order chi connectivity index (χ1) is 26.1. The molecule has 0 bridgehead atoms. The number of unbranched alkanes of at least 4 members (excludes halogenated alkanes) is 1. The zero-order valence-corrected chi connectivity index (χ0v) is 32.0. The Morgan fingerprint density at radius 3 is 2.04 bits per heavy atom. The van der Waals surface area contributed by atoms with Crippen LogP contribution in [0.4, 0.5) is 17.1 Å². The molecule has 0 saturated carbocycles. The van der Waals surface area contributed by atoms with Crippen molar-refractivity contribution in [2.75, 3.05) is 18.4 Å². The van der Waals surface area contributed by atoms with Gasteiger partial charge in [-0.3, -0.25) is 4.79 Å². The molecule has 2 N–H and O–H groups in total. The van der Waals surface area contributed by atoms with E-state index in [1.54, 1.807) is 42.5 Å². The number of fused-ring (bicyclic) bond motifs is 5. The van der Waals surface area contributed by atoms with Crippen LogP contribution in [-0.2, 0) is 20.9 Å². The van der Waals surface area contributed by atoms with E-state index in [9.17, 15) is 18.3 Å². The molecule has 0 fully saturated rings. The third-order valence-corrected chi connectivity index (χ3v) is 10.7. The van der Waals surface area contributed by atoms with Crippen molar-refractivity contribution in [3.8, 4) is 5.75 Å². The number of amides is 1. The number of hydrogen-bond donors (Lipinski definition) is 2. The molecule has 0 atom stereocenters. The van der Waals surface area contributed by atoms with Crippen LogP contribution in [0.15, 0.2) is 124 Å². The van der Waals surface area contributed by atoms with Gasteiger partial charge in [-0.15, -0.1) is 10.2 Å². The highest BCUT2D eigenvalue weighted by Crippen LogP contribution is 2.41. The molecule has 1 heterocycles. The zero-order valence-electron chi connectivity index (χ0n) is 31.2. The Labute approximate surface area is 315 Å². The minimum absolute atomic E-state index is 0.00311. The normalized spacial score (nSPS) is 11.9. The minimum Gasteiger partial charge on any atom is -0.505 e. The van der Waals surface area contributed by atoms with Crippen LogP contribution in [0.3, 0.4) is 0 Å². The first-order valence-corrected chi connectivity index (χ1v) is 19.8. The Bertz CT molecular complexity index is 2610. The highest BCUT2D eigenvalue weighted by Gasteiger charge is 2.23. The van der Waals surface area contributed by atoms with Gasteiger partial charge < -0.3 is 15.0 Å². The molecule has 0 aliphatic heterocycles. The van der Waals surface area contributed by atoms with E-state index in [1.807, 2.05) is 62.4 Å². The van der Waals surface area contributed by atoms with Crippen molar-refractivity contribution in [1.29, 1.82) is 0 Å². The van der Waals surface area contributed by atoms with Crippen molar-refractivity contribution in [1.82, 2.24) is 9.63 Å². The topological polar surface area (TPSA) is 126 Å². The second kappa shape index (κ2) is 16.6. The molecule has 0 aliphatic carbocycles. The predicted octanol–water partition coefficient (Wildman–Crippen LogP) is 11.3. The van der Waals surface area contributed by atoms with Gasteiger partial charge in [0.2, 0.25) is 0 Å². The average molecular weight is 744 g/mol. The van der Waals surface area contributed by atoms with Gasteiger partial charge >= 0.3 is 10.1 Å². The van der Waals surface area contributed by atoms with Gasteiger partial charge in [-0.2, -0.15) is 17.8 Å². The SMILES string of the molecule is CCCC.CCN(CC)OS(=O)(=O)c1ccc(N=Nc2c(O)c(C(=O)Nc3ccc4c(c3)c3ccccc3n4CC)cc3ccccc23)c2ccccc12. The maximum absolute atomic E-state index is 13.8. The molecule has 6 aromatic carbocycles. The number of phenolic OH excluding ortho intramolecular Hbond substituents is 1. The van der Waals surface area contributed by atoms with Crippen LogP contribution < -0.4 is 5.32 Å². The fraction of sp³-hybridized carbons (Fsp3) is 0.233. The lowest BCUT2D eigenvalue weighted by atomic mass is 10.0. The Morgan fingerprint density at radius 1 is 0.722 bits per heavy atom. The first kappa shape index (κ1) is 38.1. The number of aromatic hydroxyl groups is 1. The molecule has 0 unspecified atom stereocenters. The van der Waals surface area contributed by atoms with Crippen molar-refractivity contribution in [2.24, 2.45) is 10.2 Å². The number of benzene rings is 6. The first-order valence-electron chi connectivity index (χ1n) is 18.4. The summed E-state index contributed by atoms with van der Waals surface area (Å²) in [6.07, 6.45) is 2.64. The van der Waals surface area contributed by atoms with Crippen molar-refractivity contribution >= 4 is 76.4 Å². The van der Waals surface area contributed by atoms with E-state index in [0.29, 0.717) is 46.0 Å². The summed E-state index contributed by atoms with van der Waals surface area (Å²) in [6, 6.07) is 32.8. The van der Waals surface area contributed by atoms with Gasteiger partial charge in [0, 0.05) is 63.3 Å². The van der Waals surface area contributed by atoms with Crippen LogP contribution >= 0.6 is 0 Å². The standard InChI is InChI=1S/C39H35N5O5S.C4H10/c1-4-43(5-2)49-50(47,48)36-22-20-33(28-15-9-10-17-30(28)36)41-42-37-27-14-8-7-13-25(27)23-32(38(37)45)39(46)40-26-19-21-35-31(24-26)29-16-11-12-18-34(29)44(35)6-3;1-3-4-2/h7-24,45H,4-6H2,1-3H3,(H,40,46);3-4H2,1-2H3. The van der Waals surface area contributed by atoms with E-state index >= 15 is 0 Å². The number of azo groups is 1. The van der Waals surface area contributed by atoms with Crippen LogP contribution in [0.2, 0.25) is 0 Å². The van der Waals surface area contributed by atoms with E-state index in [2.05, 4.69) is 53.0 Å². The third-order valence-electron chi connectivity index (χ3n) is 9.38. The summed E-state index contributed by atoms with van der Waals surface area (Å²) in [4.78, 5) is 13.8. The van der Waals surface area contributed by atoms with E-state index in [4.69, 9.17) is 4.28 Å². The zero-order chi connectivity index (χ0) is 38.4. The van der Waals surface area contributed by atoms with Gasteiger partial charge in [-0.1, -0.05) is 107 Å². The number of carbonyl (C=O) groups is 1. The molecule has 7 aromatic rings. The average Bonchev–Trinajstić information content (AvgIpc) is 3.52. The molecule has 0 radical (unpaired) electrons. The van der Waals surface area contributed by atoms with Gasteiger partial charge in [0.15, 0.2) is 5.75 Å². The number of phenols is 1. The quantitative estimate of drug-likeness (QED) is 0.100. The number of para-hydroxylation sites is 1. The lowest BCUT2D eigenvalue weighted by Crippen LogP contribution is -2.27. The lowest BCUT2D eigenvalue weighted by Gasteiger charge is -2.18. The highest BCUT2D eigenvalue weighted by molar-refractivity contribution is 7.87. The maximum atomic E-state index is 13.8. The summed E-state index contributed by atoms with van der Waals surface area (Å²) in [5.74, 6) is -0.832. The number of aryl methyl sites for hydroxylation is 1. The molecule has 0 saturated heterocycles. The van der Waals surface area contributed by atoms with Gasteiger partial charge in [0.05, 0.1) is 11.3 Å². The molecule has 0 aliphatic rings. The van der Waals surface area contributed by atoms with Crippen molar-refractivity contribution in [3.63, 3.8) is 0 Å². The van der Waals surface area contributed by atoms with Crippen molar-refractivity contribution in [3.05, 3.63) is 115 Å². The molecule has 7 rings (SSSR count). The largest absolute Gasteiger partial charge is 0.505 e. The Morgan fingerprint density at radius 2 is 1.35 bits per heavy atom. The van der Waals surface area contributed by atoms with E-state index in [0.717, 1.165) is 28.4 Å². The van der Waals surface area contributed by atoms with Gasteiger partial charge in [0.25, 0.3) is 5.91 Å². The van der Waals surface area contributed by atoms with Crippen LogP contribution in [0.25, 0.3) is 43.4 Å². The highest BCUT2D eigenvalue weighted by atomic mass is 32.2. The smallest absolute Gasteiger partial charge is 0.313 e. The molecular weight excluding hydrogens is 699 g/mol. The predicted molar refractivity (Wildman–Crippen MR) is 219 cm³/mol. The second-order valence-electron chi connectivity index (χ2n) is 12.8. The summed E-state index contributed by atoms with van der Waals surface area (Å²) >= 11 is 0. The maximum Gasteiger partial charge on any atom is 0.313 e. The summed E-state index contributed by atoms with van der Waals surface area (Å²) in [5, 5.41) is 29.1. The number of hydroxylamine groups is 2. The fourth-order valence-electron chi connectivity index (χ4n) is 6.43. The molecule has 0 spiro atoms. The molecule has 11 heteroatoms. The molecule has 10 nitrogen and oxygen atoms in total. The Hall–Kier alpha value is -5.62.